The van der Waals surface area contributed by atoms with Gasteiger partial charge in [0, 0.05) is 19.3 Å². The maximum absolute atomic E-state index is 12.7. The van der Waals surface area contributed by atoms with Crippen LogP contribution in [0, 0.1) is 0 Å². The smallest absolute Gasteiger partial charge is 0.306 e. The number of hydrogen-bond acceptors (Lipinski definition) is 7. The molecule has 0 aromatic heterocycles. The number of unbranched alkanes of at least 4 members (excludes halogenated alkanes) is 23. The van der Waals surface area contributed by atoms with Crippen molar-refractivity contribution in [2.75, 3.05) is 41.0 Å². The number of rotatable bonds is 43. The van der Waals surface area contributed by atoms with Gasteiger partial charge in [0.05, 0.1) is 40.3 Å². The molecule has 0 fully saturated rings. The molecule has 0 amide bonds. The minimum absolute atomic E-state index is 0.0433. The van der Waals surface area contributed by atoms with Gasteiger partial charge in [-0.05, 0) is 44.9 Å². The van der Waals surface area contributed by atoms with E-state index in [1.165, 1.54) is 122 Å². The van der Waals surface area contributed by atoms with Crippen LogP contribution < -0.4 is 5.11 Å². The van der Waals surface area contributed by atoms with E-state index in [9.17, 15) is 19.5 Å². The highest BCUT2D eigenvalue weighted by Crippen LogP contribution is 2.16. The number of hydrogen-bond donors (Lipinski definition) is 0. The maximum Gasteiger partial charge on any atom is 0.306 e. The summed E-state index contributed by atoms with van der Waals surface area (Å²) in [6, 6.07) is -0.724. The van der Waals surface area contributed by atoms with Gasteiger partial charge in [0.25, 0.3) is 0 Å². The molecule has 0 saturated carbocycles. The first-order valence-electron chi connectivity index (χ1n) is 24.0. The summed E-state index contributed by atoms with van der Waals surface area (Å²) in [5.74, 6) is -1.73. The fraction of sp³-hybridized carbons (Fsp3) is 0.820. The lowest BCUT2D eigenvalue weighted by molar-refractivity contribution is -0.889. The van der Waals surface area contributed by atoms with E-state index in [0.717, 1.165) is 57.8 Å². The number of likely N-dealkylation sites (N-methyl/N-ethyl adjacent to an activating group) is 1. The van der Waals surface area contributed by atoms with Gasteiger partial charge in [-0.25, -0.2) is 0 Å². The van der Waals surface area contributed by atoms with E-state index in [1.807, 2.05) is 0 Å². The van der Waals surface area contributed by atoms with Gasteiger partial charge in [-0.3, -0.25) is 9.59 Å². The molecule has 58 heavy (non-hydrogen) atoms. The van der Waals surface area contributed by atoms with Crippen molar-refractivity contribution in [2.24, 2.45) is 0 Å². The number of carboxylic acids is 1. The molecule has 0 aliphatic rings. The topological polar surface area (TPSA) is 102 Å². The predicted molar refractivity (Wildman–Crippen MR) is 240 cm³/mol. The van der Waals surface area contributed by atoms with Crippen LogP contribution in [-0.4, -0.2) is 75.5 Å². The van der Waals surface area contributed by atoms with Crippen molar-refractivity contribution < 1.29 is 38.2 Å². The molecular weight excluding hydrogens is 727 g/mol. The van der Waals surface area contributed by atoms with Gasteiger partial charge < -0.3 is 28.6 Å². The number of allylic oxidation sites excluding steroid dienone is 6. The third-order valence-electron chi connectivity index (χ3n) is 10.8. The summed E-state index contributed by atoms with van der Waals surface area (Å²) < 4.78 is 17.2. The van der Waals surface area contributed by atoms with E-state index in [0.29, 0.717) is 12.8 Å². The van der Waals surface area contributed by atoms with Gasteiger partial charge in [-0.15, -0.1) is 0 Å². The van der Waals surface area contributed by atoms with Gasteiger partial charge in [0.2, 0.25) is 0 Å². The molecule has 0 spiro atoms. The highest BCUT2D eigenvalue weighted by atomic mass is 16.6. The predicted octanol–water partition coefficient (Wildman–Crippen LogP) is 12.1. The van der Waals surface area contributed by atoms with Gasteiger partial charge in [0.15, 0.2) is 6.10 Å². The number of ether oxygens (including phenoxy) is 3. The minimum Gasteiger partial charge on any atom is -0.544 e. The van der Waals surface area contributed by atoms with Crippen LogP contribution in [0.1, 0.15) is 213 Å². The van der Waals surface area contributed by atoms with E-state index in [1.54, 1.807) is 21.1 Å². The normalized spacial score (nSPS) is 13.2. The summed E-state index contributed by atoms with van der Waals surface area (Å²) in [6.45, 7) is 4.57. The van der Waals surface area contributed by atoms with Crippen LogP contribution in [0.5, 0.6) is 0 Å². The summed E-state index contributed by atoms with van der Waals surface area (Å²) in [7, 11) is 5.41. The lowest BCUT2D eigenvalue weighted by Crippen LogP contribution is -2.55. The monoisotopic (exact) mass is 818 g/mol. The third kappa shape index (κ3) is 39.0. The highest BCUT2D eigenvalue weighted by Gasteiger charge is 2.25. The second-order valence-corrected chi connectivity index (χ2v) is 17.3. The Labute approximate surface area is 357 Å². The first-order valence-corrected chi connectivity index (χ1v) is 24.0. The van der Waals surface area contributed by atoms with Crippen LogP contribution in [0.15, 0.2) is 36.5 Å². The van der Waals surface area contributed by atoms with Gasteiger partial charge >= 0.3 is 11.9 Å². The summed E-state index contributed by atoms with van der Waals surface area (Å²) in [5, 5.41) is 11.6. The minimum atomic E-state index is -1.12. The second-order valence-electron chi connectivity index (χ2n) is 17.3. The fourth-order valence-electron chi connectivity index (χ4n) is 7.09. The zero-order chi connectivity index (χ0) is 42.8. The lowest BCUT2D eigenvalue weighted by Gasteiger charge is -2.34. The molecular formula is C50H91NO7. The molecule has 0 radical (unpaired) electrons. The van der Waals surface area contributed by atoms with E-state index in [-0.39, 0.29) is 42.7 Å². The molecule has 0 N–H and O–H groups in total. The molecule has 0 saturated heterocycles. The number of carbonyl (C=O) groups is 3. The largest absolute Gasteiger partial charge is 0.544 e. The van der Waals surface area contributed by atoms with Crippen molar-refractivity contribution in [3.05, 3.63) is 36.5 Å². The van der Waals surface area contributed by atoms with Crippen molar-refractivity contribution in [1.29, 1.82) is 0 Å². The van der Waals surface area contributed by atoms with E-state index < -0.39 is 18.1 Å². The fourth-order valence-corrected chi connectivity index (χ4v) is 7.09. The molecule has 8 nitrogen and oxygen atoms in total. The van der Waals surface area contributed by atoms with E-state index in [4.69, 9.17) is 14.2 Å². The molecule has 0 aliphatic heterocycles. The number of esters is 2. The van der Waals surface area contributed by atoms with Crippen molar-refractivity contribution in [1.82, 2.24) is 0 Å². The average molecular weight is 818 g/mol. The van der Waals surface area contributed by atoms with Crippen LogP contribution >= 0.6 is 0 Å². The maximum atomic E-state index is 12.7. The van der Waals surface area contributed by atoms with Gasteiger partial charge in [-0.2, -0.15) is 0 Å². The molecule has 0 aliphatic carbocycles. The highest BCUT2D eigenvalue weighted by molar-refractivity contribution is 5.70. The standard InChI is InChI=1S/C50H91NO7/c1-6-8-10-12-14-16-18-20-21-22-23-24-25-26-27-29-30-32-34-36-38-40-48(52)57-45-46(44-56-43-42-47(50(54)55)51(3,4)5)58-49(53)41-39-37-35-33-31-28-19-17-15-13-11-9-7-2/h8,10,14,16,20-21,46-47H,6-7,9,11-13,15,17-19,22-45H2,1-5H3/b10-8+,16-14+,21-20+. The number of quaternary nitrogens is 1. The SMILES string of the molecule is CC/C=C/C/C=C/C/C=C/CCCCCCCCCCCCCC(=O)OCC(COCCC(C(=O)[O-])[N+](C)(C)C)OC(=O)CCCCCCCCCCCCCCC. The molecule has 338 valence electrons. The van der Waals surface area contributed by atoms with Crippen LogP contribution in [0.4, 0.5) is 0 Å². The quantitative estimate of drug-likeness (QED) is 0.0261. The summed E-state index contributed by atoms with van der Waals surface area (Å²) in [6.07, 6.45) is 47.4. The van der Waals surface area contributed by atoms with Crippen molar-refractivity contribution in [3.8, 4) is 0 Å². The van der Waals surface area contributed by atoms with E-state index >= 15 is 0 Å². The van der Waals surface area contributed by atoms with Crippen LogP contribution in [-0.2, 0) is 28.6 Å². The van der Waals surface area contributed by atoms with Crippen LogP contribution in [0.25, 0.3) is 0 Å². The Morgan fingerprint density at radius 3 is 1.43 bits per heavy atom. The molecule has 8 heteroatoms. The number of nitrogens with zero attached hydrogens (tertiary/aromatic N) is 1. The third-order valence-corrected chi connectivity index (χ3v) is 10.8. The van der Waals surface area contributed by atoms with Crippen LogP contribution in [0.3, 0.4) is 0 Å². The Morgan fingerprint density at radius 2 is 0.966 bits per heavy atom. The molecule has 0 aromatic carbocycles. The Morgan fingerprint density at radius 1 is 0.534 bits per heavy atom. The first kappa shape index (κ1) is 55.5. The molecule has 2 atom stereocenters. The molecule has 0 aromatic rings. The van der Waals surface area contributed by atoms with Crippen LogP contribution in [0.2, 0.25) is 0 Å². The molecule has 0 heterocycles. The Bertz CT molecular complexity index is 1050. The van der Waals surface area contributed by atoms with Crippen molar-refractivity contribution in [2.45, 2.75) is 225 Å². The summed E-state index contributed by atoms with van der Waals surface area (Å²) in [4.78, 5) is 36.9. The molecule has 0 bridgehead atoms. The number of aliphatic carboxylic acids is 1. The second kappa shape index (κ2) is 41.3. The Hall–Kier alpha value is -2.45. The summed E-state index contributed by atoms with van der Waals surface area (Å²) in [5.41, 5.74) is 0. The molecule has 2 unspecified atom stereocenters. The first-order chi connectivity index (χ1) is 28.1. The van der Waals surface area contributed by atoms with E-state index in [2.05, 4.69) is 50.3 Å². The Balaban J connectivity index is 4.22. The Kier molecular flexibility index (Phi) is 39.5. The van der Waals surface area contributed by atoms with Crippen molar-refractivity contribution >= 4 is 17.9 Å². The zero-order valence-corrected chi connectivity index (χ0v) is 38.5. The molecule has 0 rings (SSSR count). The van der Waals surface area contributed by atoms with Gasteiger partial charge in [0.1, 0.15) is 12.6 Å². The summed E-state index contributed by atoms with van der Waals surface area (Å²) >= 11 is 0. The average Bonchev–Trinajstić information content (AvgIpc) is 3.18. The van der Waals surface area contributed by atoms with Gasteiger partial charge in [-0.1, -0.05) is 185 Å². The van der Waals surface area contributed by atoms with Crippen molar-refractivity contribution in [3.63, 3.8) is 0 Å². The number of carboxylic acid groups (broad SMARTS) is 1. The number of carbonyl (C=O) groups excluding carboxylic acids is 3. The zero-order valence-electron chi connectivity index (χ0n) is 38.5. The lowest BCUT2D eigenvalue weighted by atomic mass is 10.0.